The highest BCUT2D eigenvalue weighted by molar-refractivity contribution is 6.11. The molecule has 0 N–H and O–H groups in total. The van der Waals surface area contributed by atoms with Crippen LogP contribution in [0.25, 0.3) is 83.6 Å². The van der Waals surface area contributed by atoms with E-state index >= 15 is 0 Å². The molecule has 0 unspecified atom stereocenters. The van der Waals surface area contributed by atoms with Crippen LogP contribution in [0.4, 0.5) is 0 Å². The van der Waals surface area contributed by atoms with Crippen molar-refractivity contribution >= 4 is 21.8 Å². The molecule has 52 heavy (non-hydrogen) atoms. The van der Waals surface area contributed by atoms with Gasteiger partial charge in [-0.3, -0.25) is 4.57 Å². The summed E-state index contributed by atoms with van der Waals surface area (Å²) in [5.41, 5.74) is 15.0. The Morgan fingerprint density at radius 3 is 1.75 bits per heavy atom. The fourth-order valence-corrected chi connectivity index (χ4v) is 8.19. The lowest BCUT2D eigenvalue weighted by Crippen LogP contribution is -2.14. The second-order valence-electron chi connectivity index (χ2n) is 14.3. The van der Waals surface area contributed by atoms with E-state index in [9.17, 15) is 0 Å². The summed E-state index contributed by atoms with van der Waals surface area (Å²) in [5, 5.41) is 2.44. The third-order valence-corrected chi connectivity index (χ3v) is 10.8. The van der Waals surface area contributed by atoms with E-state index in [0.717, 1.165) is 50.4 Å². The predicted molar refractivity (Wildman–Crippen MR) is 216 cm³/mol. The molecule has 0 atom stereocenters. The van der Waals surface area contributed by atoms with E-state index < -0.39 is 0 Å². The number of nitrogens with zero attached hydrogens (tertiary/aromatic N) is 3. The Morgan fingerprint density at radius 1 is 0.404 bits per heavy atom. The normalized spacial score (nSPS) is 13.0. The summed E-state index contributed by atoms with van der Waals surface area (Å²) in [6.45, 7) is 4.69. The molecule has 10 rings (SSSR count). The summed E-state index contributed by atoms with van der Waals surface area (Å²) in [6, 6.07) is 62.9. The van der Waals surface area contributed by atoms with Gasteiger partial charge in [0.2, 0.25) is 0 Å². The Morgan fingerprint density at radius 2 is 1.00 bits per heavy atom. The molecule has 1 aliphatic carbocycles. The number of hydrogen-bond acceptors (Lipinski definition) is 2. The third-order valence-electron chi connectivity index (χ3n) is 10.8. The maximum Gasteiger partial charge on any atom is 0.162 e. The summed E-state index contributed by atoms with van der Waals surface area (Å²) in [4.78, 5) is 10.7. The minimum absolute atomic E-state index is 0.0912. The molecule has 9 aromatic rings. The first kappa shape index (κ1) is 30.3. The van der Waals surface area contributed by atoms with Crippen molar-refractivity contribution in [3.05, 3.63) is 187 Å². The molecule has 0 saturated heterocycles. The van der Waals surface area contributed by atoms with E-state index in [1.165, 1.54) is 38.6 Å². The monoisotopic (exact) mass is 665 g/mol. The lowest BCUT2D eigenvalue weighted by atomic mass is 9.82. The van der Waals surface area contributed by atoms with Crippen molar-refractivity contribution in [2.24, 2.45) is 0 Å². The van der Waals surface area contributed by atoms with Crippen molar-refractivity contribution in [3.63, 3.8) is 0 Å². The van der Waals surface area contributed by atoms with E-state index in [0.29, 0.717) is 5.82 Å². The van der Waals surface area contributed by atoms with Crippen LogP contribution in [0, 0.1) is 0 Å². The van der Waals surface area contributed by atoms with Crippen LogP contribution in [0.2, 0.25) is 0 Å². The predicted octanol–water partition coefficient (Wildman–Crippen LogP) is 12.5. The van der Waals surface area contributed by atoms with Crippen LogP contribution in [0.5, 0.6) is 0 Å². The van der Waals surface area contributed by atoms with Crippen LogP contribution in [0.3, 0.4) is 0 Å². The quantitative estimate of drug-likeness (QED) is 0.183. The molecule has 0 spiro atoms. The van der Waals surface area contributed by atoms with Crippen LogP contribution in [-0.4, -0.2) is 14.5 Å². The number of para-hydroxylation sites is 1. The maximum absolute atomic E-state index is 5.41. The zero-order chi connectivity index (χ0) is 34.8. The average molecular weight is 666 g/mol. The van der Waals surface area contributed by atoms with Gasteiger partial charge in [-0.1, -0.05) is 153 Å². The minimum atomic E-state index is -0.0912. The SMILES string of the molecule is CC1(C)c2ccccc2-c2cc3c(cc21)c1ccccc1n3-c1cc(-c2cccc(-c3ccccc3)c2)nc(-c2cccc(-c3ccccc3)c2)n1. The Labute approximate surface area is 303 Å². The maximum atomic E-state index is 5.41. The average Bonchev–Trinajstić information content (AvgIpc) is 3.65. The molecule has 2 heterocycles. The molecule has 0 radical (unpaired) electrons. The second-order valence-corrected chi connectivity index (χ2v) is 14.3. The fraction of sp³-hybridized carbons (Fsp3) is 0.0612. The van der Waals surface area contributed by atoms with Gasteiger partial charge in [0, 0.05) is 33.4 Å². The molecule has 2 aromatic heterocycles. The first-order valence-corrected chi connectivity index (χ1v) is 17.9. The summed E-state index contributed by atoms with van der Waals surface area (Å²) < 4.78 is 2.34. The Kier molecular flexibility index (Phi) is 6.84. The standard InChI is InChI=1S/C49H35N3/c1-49(2)42-25-11-9-23-38(42)40-30-46-41(29-43(40)49)39-24-10-12-26-45(39)52(46)47-31-44(36-21-13-19-34(27-36)32-15-5-3-6-16-32)50-48(51-47)37-22-14-20-35(28-37)33-17-7-4-8-18-33/h3-31H,1-2H3. The zero-order valence-corrected chi connectivity index (χ0v) is 29.1. The largest absolute Gasteiger partial charge is 0.294 e. The number of rotatable bonds is 5. The Balaban J connectivity index is 1.24. The van der Waals surface area contributed by atoms with Crippen LogP contribution in [-0.2, 0) is 5.41 Å². The van der Waals surface area contributed by atoms with E-state index in [-0.39, 0.29) is 5.41 Å². The molecule has 3 nitrogen and oxygen atoms in total. The molecular formula is C49H35N3. The molecule has 0 bridgehead atoms. The summed E-state index contributed by atoms with van der Waals surface area (Å²) in [5.74, 6) is 1.53. The summed E-state index contributed by atoms with van der Waals surface area (Å²) in [6.07, 6.45) is 0. The van der Waals surface area contributed by atoms with Gasteiger partial charge in [0.05, 0.1) is 16.7 Å². The van der Waals surface area contributed by atoms with Crippen molar-refractivity contribution in [3.8, 4) is 61.8 Å². The van der Waals surface area contributed by atoms with Crippen LogP contribution < -0.4 is 0 Å². The van der Waals surface area contributed by atoms with E-state index in [1.54, 1.807) is 0 Å². The van der Waals surface area contributed by atoms with Gasteiger partial charge >= 0.3 is 0 Å². The smallest absolute Gasteiger partial charge is 0.162 e. The van der Waals surface area contributed by atoms with Gasteiger partial charge in [0.25, 0.3) is 0 Å². The van der Waals surface area contributed by atoms with Crippen LogP contribution >= 0.6 is 0 Å². The molecule has 3 heteroatoms. The molecular weight excluding hydrogens is 631 g/mol. The van der Waals surface area contributed by atoms with Crippen molar-refractivity contribution in [2.45, 2.75) is 19.3 Å². The van der Waals surface area contributed by atoms with E-state index in [1.807, 2.05) is 0 Å². The van der Waals surface area contributed by atoms with E-state index in [2.05, 4.69) is 194 Å². The molecule has 0 amide bonds. The number of benzene rings is 7. The van der Waals surface area contributed by atoms with Crippen molar-refractivity contribution in [1.29, 1.82) is 0 Å². The first-order valence-electron chi connectivity index (χ1n) is 17.9. The fourth-order valence-electron chi connectivity index (χ4n) is 8.19. The number of aromatic nitrogens is 3. The molecule has 0 saturated carbocycles. The van der Waals surface area contributed by atoms with Gasteiger partial charge in [-0.2, -0.15) is 0 Å². The molecule has 0 aliphatic heterocycles. The van der Waals surface area contributed by atoms with Gasteiger partial charge < -0.3 is 0 Å². The highest BCUT2D eigenvalue weighted by Gasteiger charge is 2.36. The molecule has 1 aliphatic rings. The summed E-state index contributed by atoms with van der Waals surface area (Å²) in [7, 11) is 0. The molecule has 246 valence electrons. The van der Waals surface area contributed by atoms with Crippen molar-refractivity contribution in [1.82, 2.24) is 14.5 Å². The topological polar surface area (TPSA) is 30.7 Å². The van der Waals surface area contributed by atoms with Crippen LogP contribution in [0.1, 0.15) is 25.0 Å². The van der Waals surface area contributed by atoms with Gasteiger partial charge in [0.1, 0.15) is 5.82 Å². The molecule has 7 aromatic carbocycles. The van der Waals surface area contributed by atoms with Gasteiger partial charge in [-0.05, 0) is 74.8 Å². The third kappa shape index (κ3) is 4.81. The first-order chi connectivity index (χ1) is 25.5. The van der Waals surface area contributed by atoms with Gasteiger partial charge in [-0.25, -0.2) is 9.97 Å². The highest BCUT2D eigenvalue weighted by atomic mass is 15.1. The highest BCUT2D eigenvalue weighted by Crippen LogP contribution is 2.51. The lowest BCUT2D eigenvalue weighted by Gasteiger charge is -2.21. The summed E-state index contributed by atoms with van der Waals surface area (Å²) >= 11 is 0. The van der Waals surface area contributed by atoms with Gasteiger partial charge in [0.15, 0.2) is 5.82 Å². The lowest BCUT2D eigenvalue weighted by molar-refractivity contribution is 0.661. The second kappa shape index (κ2) is 11.8. The molecule has 0 fully saturated rings. The number of fused-ring (bicyclic) bond motifs is 6. The van der Waals surface area contributed by atoms with Gasteiger partial charge in [-0.15, -0.1) is 0 Å². The minimum Gasteiger partial charge on any atom is -0.294 e. The van der Waals surface area contributed by atoms with E-state index in [4.69, 9.17) is 9.97 Å². The zero-order valence-electron chi connectivity index (χ0n) is 29.1. The Hall–Kier alpha value is -6.58. The van der Waals surface area contributed by atoms with Crippen molar-refractivity contribution < 1.29 is 0 Å². The number of hydrogen-bond donors (Lipinski definition) is 0. The Bertz CT molecular complexity index is 2710. The van der Waals surface area contributed by atoms with Crippen molar-refractivity contribution in [2.75, 3.05) is 0 Å². The van der Waals surface area contributed by atoms with Crippen LogP contribution in [0.15, 0.2) is 176 Å².